The molecule has 1 heterocycles. The van der Waals surface area contributed by atoms with Crippen LogP contribution in [0.4, 0.5) is 0 Å². The van der Waals surface area contributed by atoms with E-state index in [4.69, 9.17) is 4.42 Å². The van der Waals surface area contributed by atoms with Crippen molar-refractivity contribution in [2.45, 2.75) is 85.5 Å². The van der Waals surface area contributed by atoms with Crippen LogP contribution in [0.25, 0.3) is 0 Å². The van der Waals surface area contributed by atoms with E-state index in [1.807, 2.05) is 6.26 Å². The maximum Gasteiger partial charge on any atom is 0.0934 e. The van der Waals surface area contributed by atoms with Crippen molar-refractivity contribution in [2.24, 2.45) is 17.8 Å². The molecule has 1 heteroatoms. The van der Waals surface area contributed by atoms with Crippen molar-refractivity contribution in [1.82, 2.24) is 0 Å². The molecule has 0 aliphatic heterocycles. The maximum absolute atomic E-state index is 5.11. The van der Waals surface area contributed by atoms with Crippen molar-refractivity contribution < 1.29 is 4.42 Å². The Bertz CT molecular complexity index is 326. The largest absolute Gasteiger partial charge is 0.472 e. The molecular formula is C20H36O. The first-order valence-electron chi connectivity index (χ1n) is 9.09. The van der Waals surface area contributed by atoms with Crippen molar-refractivity contribution >= 4 is 0 Å². The first-order chi connectivity index (χ1) is 10.1. The number of aryl methyl sites for hydroxylation is 1. The summed E-state index contributed by atoms with van der Waals surface area (Å²) in [5, 5.41) is 0. The zero-order valence-corrected chi connectivity index (χ0v) is 14.7. The predicted octanol–water partition coefficient (Wildman–Crippen LogP) is 6.87. The highest BCUT2D eigenvalue weighted by atomic mass is 16.3. The van der Waals surface area contributed by atoms with Gasteiger partial charge in [-0.15, -0.1) is 0 Å². The van der Waals surface area contributed by atoms with E-state index in [1.54, 1.807) is 6.26 Å². The van der Waals surface area contributed by atoms with Crippen molar-refractivity contribution in [1.29, 1.82) is 0 Å². The number of rotatable bonds is 12. The molecule has 0 spiro atoms. The number of hydrogen-bond acceptors (Lipinski definition) is 1. The maximum atomic E-state index is 5.11. The predicted molar refractivity (Wildman–Crippen MR) is 92.5 cm³/mol. The fourth-order valence-corrected chi connectivity index (χ4v) is 3.07. The molecule has 2 atom stereocenters. The third-order valence-corrected chi connectivity index (χ3v) is 4.61. The lowest BCUT2D eigenvalue weighted by Crippen LogP contribution is -2.00. The molecule has 0 aliphatic rings. The standard InChI is InChI=1S/C20H36O/c1-17(2)8-5-9-18(3)10-6-11-19(4)12-7-13-20-14-15-21-16-20/h14-19H,5-13H2,1-4H3/t18-,19-/m1/s1. The average Bonchev–Trinajstić information content (AvgIpc) is 2.91. The van der Waals surface area contributed by atoms with Gasteiger partial charge in [0.05, 0.1) is 12.5 Å². The second-order valence-corrected chi connectivity index (χ2v) is 7.49. The third-order valence-electron chi connectivity index (χ3n) is 4.61. The van der Waals surface area contributed by atoms with Crippen LogP contribution >= 0.6 is 0 Å². The Hall–Kier alpha value is -0.720. The molecule has 0 radical (unpaired) electrons. The van der Waals surface area contributed by atoms with Gasteiger partial charge >= 0.3 is 0 Å². The Labute approximate surface area is 132 Å². The molecule has 0 aliphatic carbocycles. The minimum absolute atomic E-state index is 0.868. The summed E-state index contributed by atoms with van der Waals surface area (Å²) < 4.78 is 5.11. The first kappa shape index (κ1) is 18.3. The smallest absolute Gasteiger partial charge is 0.0934 e. The van der Waals surface area contributed by atoms with Gasteiger partial charge in [0.1, 0.15) is 0 Å². The van der Waals surface area contributed by atoms with Crippen LogP contribution in [-0.2, 0) is 6.42 Å². The minimum Gasteiger partial charge on any atom is -0.472 e. The van der Waals surface area contributed by atoms with E-state index in [9.17, 15) is 0 Å². The Kier molecular flexibility index (Phi) is 9.54. The highest BCUT2D eigenvalue weighted by Crippen LogP contribution is 2.21. The second-order valence-electron chi connectivity index (χ2n) is 7.49. The molecule has 0 aromatic carbocycles. The third kappa shape index (κ3) is 9.77. The fraction of sp³-hybridized carbons (Fsp3) is 0.800. The molecule has 0 bridgehead atoms. The van der Waals surface area contributed by atoms with E-state index in [2.05, 4.69) is 33.8 Å². The molecule has 0 saturated carbocycles. The van der Waals surface area contributed by atoms with Crippen molar-refractivity contribution in [3.05, 3.63) is 24.2 Å². The van der Waals surface area contributed by atoms with Gasteiger partial charge in [0, 0.05) is 0 Å². The molecular weight excluding hydrogens is 256 g/mol. The average molecular weight is 293 g/mol. The van der Waals surface area contributed by atoms with Gasteiger partial charge in [-0.3, -0.25) is 0 Å². The first-order valence-corrected chi connectivity index (χ1v) is 9.09. The summed E-state index contributed by atoms with van der Waals surface area (Å²) in [5.74, 6) is 2.66. The Morgan fingerprint density at radius 1 is 0.810 bits per heavy atom. The van der Waals surface area contributed by atoms with Crippen LogP contribution in [0.1, 0.15) is 84.6 Å². The summed E-state index contributed by atoms with van der Waals surface area (Å²) in [4.78, 5) is 0. The van der Waals surface area contributed by atoms with Crippen LogP contribution in [0.15, 0.2) is 23.0 Å². The number of hydrogen-bond donors (Lipinski definition) is 0. The zero-order chi connectivity index (χ0) is 15.5. The monoisotopic (exact) mass is 292 g/mol. The van der Waals surface area contributed by atoms with Gasteiger partial charge in [0.15, 0.2) is 0 Å². The fourth-order valence-electron chi connectivity index (χ4n) is 3.07. The quantitative estimate of drug-likeness (QED) is 0.409. The second kappa shape index (κ2) is 10.9. The summed E-state index contributed by atoms with van der Waals surface area (Å²) in [6, 6.07) is 2.09. The van der Waals surface area contributed by atoms with E-state index < -0.39 is 0 Å². The van der Waals surface area contributed by atoms with E-state index >= 15 is 0 Å². The molecule has 0 N–H and O–H groups in total. The molecule has 1 aromatic rings. The van der Waals surface area contributed by atoms with E-state index in [0.29, 0.717) is 0 Å². The molecule has 1 rings (SSSR count). The Morgan fingerprint density at radius 2 is 1.38 bits per heavy atom. The molecule has 1 aromatic heterocycles. The SMILES string of the molecule is CC(C)CCC[C@@H](C)CCC[C@@H](C)CCCc1ccoc1. The molecule has 1 nitrogen and oxygen atoms in total. The Morgan fingerprint density at radius 3 is 1.90 bits per heavy atom. The highest BCUT2D eigenvalue weighted by molar-refractivity contribution is 5.04. The van der Waals surface area contributed by atoms with Gasteiger partial charge in [-0.25, -0.2) is 0 Å². The lowest BCUT2D eigenvalue weighted by molar-refractivity contribution is 0.389. The van der Waals surface area contributed by atoms with E-state index in [0.717, 1.165) is 17.8 Å². The molecule has 0 saturated heterocycles. The summed E-state index contributed by atoms with van der Waals surface area (Å²) in [5.41, 5.74) is 1.35. The number of furan rings is 1. The van der Waals surface area contributed by atoms with Crippen molar-refractivity contribution in [3.8, 4) is 0 Å². The van der Waals surface area contributed by atoms with Crippen LogP contribution in [0.5, 0.6) is 0 Å². The molecule has 0 amide bonds. The summed E-state index contributed by atoms with van der Waals surface area (Å²) in [7, 11) is 0. The topological polar surface area (TPSA) is 13.1 Å². The molecule has 0 unspecified atom stereocenters. The summed E-state index contributed by atoms with van der Waals surface area (Å²) >= 11 is 0. The van der Waals surface area contributed by atoms with Crippen LogP contribution in [0.2, 0.25) is 0 Å². The van der Waals surface area contributed by atoms with Gasteiger partial charge in [0.25, 0.3) is 0 Å². The zero-order valence-electron chi connectivity index (χ0n) is 14.7. The van der Waals surface area contributed by atoms with Gasteiger partial charge in [-0.05, 0) is 42.2 Å². The summed E-state index contributed by atoms with van der Waals surface area (Å²) in [6.07, 6.45) is 16.0. The normalized spacial score (nSPS) is 14.5. The van der Waals surface area contributed by atoms with Crippen LogP contribution in [0, 0.1) is 17.8 Å². The van der Waals surface area contributed by atoms with Crippen LogP contribution < -0.4 is 0 Å². The van der Waals surface area contributed by atoms with Crippen LogP contribution in [0.3, 0.4) is 0 Å². The van der Waals surface area contributed by atoms with E-state index in [1.165, 1.54) is 63.4 Å². The summed E-state index contributed by atoms with van der Waals surface area (Å²) in [6.45, 7) is 9.51. The van der Waals surface area contributed by atoms with Crippen LogP contribution in [-0.4, -0.2) is 0 Å². The van der Waals surface area contributed by atoms with Gasteiger partial charge in [0.2, 0.25) is 0 Å². The Balaban J connectivity index is 1.95. The minimum atomic E-state index is 0.868. The van der Waals surface area contributed by atoms with E-state index in [-0.39, 0.29) is 0 Å². The van der Waals surface area contributed by atoms with Gasteiger partial charge in [-0.1, -0.05) is 72.6 Å². The molecule has 122 valence electrons. The molecule has 0 fully saturated rings. The van der Waals surface area contributed by atoms with Gasteiger partial charge < -0.3 is 4.42 Å². The highest BCUT2D eigenvalue weighted by Gasteiger charge is 2.06. The molecule has 21 heavy (non-hydrogen) atoms. The lowest BCUT2D eigenvalue weighted by atomic mass is 9.92. The van der Waals surface area contributed by atoms with Crippen molar-refractivity contribution in [2.75, 3.05) is 0 Å². The van der Waals surface area contributed by atoms with Crippen molar-refractivity contribution in [3.63, 3.8) is 0 Å². The van der Waals surface area contributed by atoms with Gasteiger partial charge in [-0.2, -0.15) is 0 Å². The lowest BCUT2D eigenvalue weighted by Gasteiger charge is -2.14.